The molecule has 2 aliphatic carbocycles. The Hall–Kier alpha value is -6.65. The first-order valence-electron chi connectivity index (χ1n) is 19.5. The molecule has 0 radical (unpaired) electrons. The van der Waals surface area contributed by atoms with E-state index < -0.39 is 0 Å². The van der Waals surface area contributed by atoms with Crippen molar-refractivity contribution >= 4 is 27.4 Å². The lowest BCUT2D eigenvalue weighted by molar-refractivity contribution is 0.533. The van der Waals surface area contributed by atoms with Crippen LogP contribution in [-0.4, -0.2) is 19.5 Å². The van der Waals surface area contributed by atoms with Gasteiger partial charge in [0.05, 0.1) is 11.0 Å². The number of fused-ring (bicyclic) bond motifs is 10. The molecular formula is C52H42N4. The molecule has 0 spiro atoms. The van der Waals surface area contributed by atoms with Crippen molar-refractivity contribution in [3.05, 3.63) is 187 Å². The van der Waals surface area contributed by atoms with Crippen LogP contribution in [0.4, 0.5) is 0 Å². The number of nitrogens with zero attached hydrogens (tertiary/aromatic N) is 4. The molecule has 8 aromatic rings. The molecular weight excluding hydrogens is 681 g/mol. The monoisotopic (exact) mass is 722 g/mol. The van der Waals surface area contributed by atoms with Gasteiger partial charge in [-0.1, -0.05) is 162 Å². The highest BCUT2D eigenvalue weighted by Gasteiger charge is 2.43. The first kappa shape index (κ1) is 33.9. The van der Waals surface area contributed by atoms with Crippen LogP contribution in [0.1, 0.15) is 56.4 Å². The van der Waals surface area contributed by atoms with E-state index in [1.807, 2.05) is 60.7 Å². The average Bonchev–Trinajstić information content (AvgIpc) is 3.70. The molecule has 0 saturated heterocycles. The second-order valence-electron chi connectivity index (χ2n) is 16.2. The summed E-state index contributed by atoms with van der Waals surface area (Å²) in [5.74, 6) is 1.94. The summed E-state index contributed by atoms with van der Waals surface area (Å²) in [5.41, 5.74) is 14.9. The van der Waals surface area contributed by atoms with E-state index >= 15 is 0 Å². The van der Waals surface area contributed by atoms with E-state index in [4.69, 9.17) is 21.5 Å². The van der Waals surface area contributed by atoms with Gasteiger partial charge in [-0.15, -0.1) is 0 Å². The third-order valence-electron chi connectivity index (χ3n) is 11.9. The van der Waals surface area contributed by atoms with Crippen LogP contribution in [0.3, 0.4) is 0 Å². The second-order valence-corrected chi connectivity index (χ2v) is 16.2. The summed E-state index contributed by atoms with van der Waals surface area (Å²) in [6.45, 7) is 14.4. The zero-order valence-corrected chi connectivity index (χ0v) is 32.2. The normalized spacial score (nSPS) is 16.4. The highest BCUT2D eigenvalue weighted by atomic mass is 15.0. The SMILES string of the molecule is C=C1/C=C\C=C/CC(C)(C)c2c1c1c(c3c4ccccc4n(-c4ccc(-c5nc(-c6ccccc6)nc(-c6ccccc6)n5)cc4)c23)-c2ccccc2C1(C)C. The van der Waals surface area contributed by atoms with Gasteiger partial charge in [0.25, 0.3) is 0 Å². The topological polar surface area (TPSA) is 43.6 Å². The van der Waals surface area contributed by atoms with Gasteiger partial charge in [0.15, 0.2) is 17.5 Å². The maximum Gasteiger partial charge on any atom is 0.164 e. The molecule has 270 valence electrons. The molecule has 6 aromatic carbocycles. The molecule has 0 aliphatic heterocycles. The largest absolute Gasteiger partial charge is 0.309 e. The van der Waals surface area contributed by atoms with Crippen molar-refractivity contribution in [2.45, 2.75) is 44.9 Å². The summed E-state index contributed by atoms with van der Waals surface area (Å²) in [6.07, 6.45) is 9.73. The van der Waals surface area contributed by atoms with Gasteiger partial charge in [-0.25, -0.2) is 15.0 Å². The quantitative estimate of drug-likeness (QED) is 0.182. The maximum absolute atomic E-state index is 5.03. The highest BCUT2D eigenvalue weighted by molar-refractivity contribution is 6.20. The molecule has 0 saturated carbocycles. The minimum Gasteiger partial charge on any atom is -0.309 e. The van der Waals surface area contributed by atoms with Crippen LogP contribution >= 0.6 is 0 Å². The first-order chi connectivity index (χ1) is 27.2. The van der Waals surface area contributed by atoms with Crippen LogP contribution in [-0.2, 0) is 10.8 Å². The summed E-state index contributed by atoms with van der Waals surface area (Å²) in [7, 11) is 0. The van der Waals surface area contributed by atoms with Gasteiger partial charge in [-0.05, 0) is 81.1 Å². The van der Waals surface area contributed by atoms with Crippen molar-refractivity contribution < 1.29 is 0 Å². The van der Waals surface area contributed by atoms with E-state index in [0.717, 1.165) is 34.4 Å². The fourth-order valence-electron chi connectivity index (χ4n) is 9.24. The molecule has 0 fully saturated rings. The Labute approximate surface area is 328 Å². The van der Waals surface area contributed by atoms with Crippen molar-refractivity contribution in [2.24, 2.45) is 0 Å². The van der Waals surface area contributed by atoms with E-state index in [0.29, 0.717) is 17.5 Å². The van der Waals surface area contributed by atoms with E-state index in [-0.39, 0.29) is 10.8 Å². The Bertz CT molecular complexity index is 2870. The van der Waals surface area contributed by atoms with Crippen molar-refractivity contribution in [1.82, 2.24) is 19.5 Å². The molecule has 2 aliphatic rings. The summed E-state index contributed by atoms with van der Waals surface area (Å²) in [5, 5.41) is 2.56. The Kier molecular flexibility index (Phi) is 7.69. The molecule has 0 unspecified atom stereocenters. The van der Waals surface area contributed by atoms with Crippen molar-refractivity contribution in [3.63, 3.8) is 0 Å². The third kappa shape index (κ3) is 5.16. The van der Waals surface area contributed by atoms with E-state index in [9.17, 15) is 0 Å². The molecule has 2 heterocycles. The van der Waals surface area contributed by atoms with Gasteiger partial charge in [0.2, 0.25) is 0 Å². The van der Waals surface area contributed by atoms with Crippen molar-refractivity contribution in [1.29, 1.82) is 0 Å². The zero-order valence-electron chi connectivity index (χ0n) is 32.2. The minimum atomic E-state index is -0.217. The molecule has 4 nitrogen and oxygen atoms in total. The lowest BCUT2D eigenvalue weighted by Gasteiger charge is -2.34. The molecule has 0 bridgehead atoms. The second kappa shape index (κ2) is 12.7. The van der Waals surface area contributed by atoms with Crippen molar-refractivity contribution in [2.75, 3.05) is 0 Å². The molecule has 10 rings (SSSR count). The molecule has 4 heteroatoms. The number of rotatable bonds is 4. The van der Waals surface area contributed by atoms with E-state index in [2.05, 4.69) is 129 Å². The van der Waals surface area contributed by atoms with Crippen LogP contribution in [0, 0.1) is 0 Å². The van der Waals surface area contributed by atoms with Crippen LogP contribution in [0.2, 0.25) is 0 Å². The zero-order chi connectivity index (χ0) is 38.2. The van der Waals surface area contributed by atoms with Crippen LogP contribution in [0.5, 0.6) is 0 Å². The van der Waals surface area contributed by atoms with Crippen LogP contribution in [0.25, 0.3) is 78.4 Å². The highest BCUT2D eigenvalue weighted by Crippen LogP contribution is 2.58. The van der Waals surface area contributed by atoms with Gasteiger partial charge in [0, 0.05) is 38.6 Å². The summed E-state index contributed by atoms with van der Waals surface area (Å²) < 4.78 is 2.50. The maximum atomic E-state index is 5.03. The van der Waals surface area contributed by atoms with Gasteiger partial charge in [-0.3, -0.25) is 0 Å². The predicted octanol–water partition coefficient (Wildman–Crippen LogP) is 13.1. The Balaban J connectivity index is 1.26. The number of aromatic nitrogens is 4. The number of hydrogen-bond donors (Lipinski definition) is 0. The molecule has 2 aromatic heterocycles. The standard InChI is InChI=1S/C52H42N4/c1-33-19-9-8-18-32-51(2,3)46-42(33)45-43(38-24-14-16-26-40(38)52(45,4)5)44-39-25-15-17-27-41(39)56(47(44)46)37-30-28-36(29-31-37)50-54-48(34-20-10-6-11-21-34)53-49(55-50)35-22-12-7-13-23-35/h6-31H,1,32H2,2-5H3/b18-8-,19-9-. The Morgan fingerprint density at radius 1 is 0.571 bits per heavy atom. The average molecular weight is 723 g/mol. The molecule has 0 amide bonds. The fourth-order valence-corrected chi connectivity index (χ4v) is 9.24. The Morgan fingerprint density at radius 3 is 1.80 bits per heavy atom. The summed E-state index contributed by atoms with van der Waals surface area (Å²) >= 11 is 0. The number of benzene rings is 6. The number of allylic oxidation sites excluding steroid dienone is 5. The summed E-state index contributed by atoms with van der Waals surface area (Å²) in [4.78, 5) is 15.0. The van der Waals surface area contributed by atoms with E-state index in [1.165, 1.54) is 55.2 Å². The van der Waals surface area contributed by atoms with Gasteiger partial charge < -0.3 is 4.57 Å². The Morgan fingerprint density at radius 2 is 1.14 bits per heavy atom. The smallest absolute Gasteiger partial charge is 0.164 e. The van der Waals surface area contributed by atoms with Gasteiger partial charge >= 0.3 is 0 Å². The first-order valence-corrected chi connectivity index (χ1v) is 19.5. The van der Waals surface area contributed by atoms with E-state index in [1.54, 1.807) is 0 Å². The minimum absolute atomic E-state index is 0.211. The lowest BCUT2D eigenvalue weighted by Crippen LogP contribution is -2.24. The fraction of sp³-hybridized carbons (Fsp3) is 0.135. The molecule has 0 N–H and O–H groups in total. The van der Waals surface area contributed by atoms with Crippen LogP contribution in [0.15, 0.2) is 164 Å². The molecule has 0 atom stereocenters. The lowest BCUT2D eigenvalue weighted by atomic mass is 9.70. The number of para-hydroxylation sites is 1. The summed E-state index contributed by atoms with van der Waals surface area (Å²) in [6, 6.07) is 47.0. The molecule has 56 heavy (non-hydrogen) atoms. The van der Waals surface area contributed by atoms with Crippen LogP contribution < -0.4 is 0 Å². The van der Waals surface area contributed by atoms with Gasteiger partial charge in [-0.2, -0.15) is 0 Å². The van der Waals surface area contributed by atoms with Gasteiger partial charge in [0.1, 0.15) is 0 Å². The third-order valence-corrected chi connectivity index (χ3v) is 11.9. The number of hydrogen-bond acceptors (Lipinski definition) is 3. The van der Waals surface area contributed by atoms with Crippen molar-refractivity contribution in [3.8, 4) is 51.0 Å². The predicted molar refractivity (Wildman–Crippen MR) is 233 cm³/mol.